The van der Waals surface area contributed by atoms with Gasteiger partial charge in [-0.1, -0.05) is 0 Å². The Hall–Kier alpha value is -2.08. The molecule has 6 heteroatoms. The van der Waals surface area contributed by atoms with Crippen LogP contribution in [0.4, 0.5) is 11.6 Å². The average Bonchev–Trinajstić information content (AvgIpc) is 2.74. The van der Waals surface area contributed by atoms with Crippen LogP contribution >= 0.6 is 0 Å². The molecule has 0 aliphatic rings. The first-order valence-corrected chi connectivity index (χ1v) is 5.28. The normalized spacial score (nSPS) is 10.3. The molecule has 4 N–H and O–H groups in total. The standard InChI is InChI=1S/C11H15N5O/c1-7-3-4-9(17-7)5-13-10-8(2)11(16-12)15-6-14-10/h3-4,6H,5,12H2,1-2H3,(H2,13,14,15,16). The molecule has 0 fully saturated rings. The lowest BCUT2D eigenvalue weighted by Crippen LogP contribution is -2.12. The molecule has 0 aliphatic carbocycles. The van der Waals surface area contributed by atoms with Crippen molar-refractivity contribution in [3.8, 4) is 0 Å². The van der Waals surface area contributed by atoms with E-state index in [0.29, 0.717) is 12.4 Å². The third-order valence-corrected chi connectivity index (χ3v) is 2.45. The van der Waals surface area contributed by atoms with Crippen molar-refractivity contribution in [3.05, 3.63) is 35.5 Å². The maximum Gasteiger partial charge on any atom is 0.148 e. The predicted molar refractivity (Wildman–Crippen MR) is 65.4 cm³/mol. The first-order chi connectivity index (χ1) is 8.20. The number of nitrogens with one attached hydrogen (secondary N) is 2. The molecule has 2 aromatic heterocycles. The van der Waals surface area contributed by atoms with Crippen molar-refractivity contribution in [1.82, 2.24) is 9.97 Å². The number of hydrogen-bond donors (Lipinski definition) is 3. The highest BCUT2D eigenvalue weighted by Gasteiger charge is 2.06. The van der Waals surface area contributed by atoms with Crippen molar-refractivity contribution in [3.63, 3.8) is 0 Å². The van der Waals surface area contributed by atoms with E-state index in [0.717, 1.165) is 22.9 Å². The SMILES string of the molecule is Cc1ccc(CNc2ncnc(NN)c2C)o1. The zero-order chi connectivity index (χ0) is 12.3. The molecular weight excluding hydrogens is 218 g/mol. The highest BCUT2D eigenvalue weighted by atomic mass is 16.3. The smallest absolute Gasteiger partial charge is 0.148 e. The van der Waals surface area contributed by atoms with Gasteiger partial charge >= 0.3 is 0 Å². The summed E-state index contributed by atoms with van der Waals surface area (Å²) in [6, 6.07) is 3.86. The molecule has 0 bridgehead atoms. The van der Waals surface area contributed by atoms with Gasteiger partial charge in [0.05, 0.1) is 6.54 Å². The van der Waals surface area contributed by atoms with Crippen LogP contribution in [0.15, 0.2) is 22.9 Å². The lowest BCUT2D eigenvalue weighted by atomic mass is 10.3. The molecule has 0 aliphatic heterocycles. The fraction of sp³-hybridized carbons (Fsp3) is 0.273. The molecule has 0 atom stereocenters. The molecule has 0 amide bonds. The summed E-state index contributed by atoms with van der Waals surface area (Å²) in [5, 5.41) is 3.18. The van der Waals surface area contributed by atoms with Gasteiger partial charge in [0, 0.05) is 5.56 Å². The summed E-state index contributed by atoms with van der Waals surface area (Å²) >= 11 is 0. The van der Waals surface area contributed by atoms with Crippen LogP contribution in [-0.2, 0) is 6.54 Å². The molecule has 2 rings (SSSR count). The fourth-order valence-electron chi connectivity index (χ4n) is 1.52. The third kappa shape index (κ3) is 2.54. The number of nitrogens with zero attached hydrogens (tertiary/aromatic N) is 2. The molecule has 0 unspecified atom stereocenters. The van der Waals surface area contributed by atoms with Gasteiger partial charge < -0.3 is 15.2 Å². The second-order valence-electron chi connectivity index (χ2n) is 3.71. The fourth-order valence-corrected chi connectivity index (χ4v) is 1.52. The Balaban J connectivity index is 2.09. The highest BCUT2D eigenvalue weighted by Crippen LogP contribution is 2.18. The summed E-state index contributed by atoms with van der Waals surface area (Å²) in [6.07, 6.45) is 1.46. The minimum absolute atomic E-state index is 0.579. The van der Waals surface area contributed by atoms with Crippen LogP contribution in [0.2, 0.25) is 0 Å². The lowest BCUT2D eigenvalue weighted by Gasteiger charge is -2.09. The van der Waals surface area contributed by atoms with Crippen molar-refractivity contribution in [2.24, 2.45) is 5.84 Å². The monoisotopic (exact) mass is 233 g/mol. The van der Waals surface area contributed by atoms with Crippen molar-refractivity contribution in [2.45, 2.75) is 20.4 Å². The molecular formula is C11H15N5O. The molecule has 0 saturated carbocycles. The van der Waals surface area contributed by atoms with E-state index in [2.05, 4.69) is 20.7 Å². The Morgan fingerprint density at radius 1 is 1.24 bits per heavy atom. The van der Waals surface area contributed by atoms with Crippen molar-refractivity contribution >= 4 is 11.6 Å². The van der Waals surface area contributed by atoms with Gasteiger partial charge in [-0.25, -0.2) is 15.8 Å². The zero-order valence-corrected chi connectivity index (χ0v) is 9.82. The first-order valence-electron chi connectivity index (χ1n) is 5.28. The van der Waals surface area contributed by atoms with E-state index in [-0.39, 0.29) is 0 Å². The van der Waals surface area contributed by atoms with Crippen molar-refractivity contribution in [2.75, 3.05) is 10.7 Å². The quantitative estimate of drug-likeness (QED) is 0.549. The largest absolute Gasteiger partial charge is 0.465 e. The van der Waals surface area contributed by atoms with Crippen LogP contribution in [0, 0.1) is 13.8 Å². The Morgan fingerprint density at radius 2 is 2.00 bits per heavy atom. The van der Waals surface area contributed by atoms with Crippen molar-refractivity contribution in [1.29, 1.82) is 0 Å². The summed E-state index contributed by atoms with van der Waals surface area (Å²) in [6.45, 7) is 4.39. The second-order valence-corrected chi connectivity index (χ2v) is 3.71. The lowest BCUT2D eigenvalue weighted by molar-refractivity contribution is 0.490. The maximum atomic E-state index is 5.46. The van der Waals surface area contributed by atoms with Gasteiger partial charge in [-0.15, -0.1) is 0 Å². The summed E-state index contributed by atoms with van der Waals surface area (Å²) < 4.78 is 5.46. The van der Waals surface area contributed by atoms with Crippen LogP contribution in [0.25, 0.3) is 0 Å². The number of anilines is 2. The highest BCUT2D eigenvalue weighted by molar-refractivity contribution is 5.55. The third-order valence-electron chi connectivity index (χ3n) is 2.45. The predicted octanol–water partition coefficient (Wildman–Crippen LogP) is 1.58. The number of aromatic nitrogens is 2. The minimum atomic E-state index is 0.579. The van der Waals surface area contributed by atoms with Crippen LogP contribution < -0.4 is 16.6 Å². The van der Waals surface area contributed by atoms with E-state index in [1.165, 1.54) is 6.33 Å². The summed E-state index contributed by atoms with van der Waals surface area (Å²) in [5.41, 5.74) is 3.40. The number of hydrogen-bond acceptors (Lipinski definition) is 6. The zero-order valence-electron chi connectivity index (χ0n) is 9.82. The molecule has 6 nitrogen and oxygen atoms in total. The van der Waals surface area contributed by atoms with Gasteiger partial charge in [0.25, 0.3) is 0 Å². The molecule has 2 aromatic rings. The van der Waals surface area contributed by atoms with E-state index in [1.807, 2.05) is 26.0 Å². The van der Waals surface area contributed by atoms with Crippen LogP contribution in [0.3, 0.4) is 0 Å². The number of hydrazine groups is 1. The molecule has 0 aromatic carbocycles. The summed E-state index contributed by atoms with van der Waals surface area (Å²) in [5.74, 6) is 8.45. The Labute approximate surface area is 99.2 Å². The molecule has 0 spiro atoms. The van der Waals surface area contributed by atoms with Gasteiger partial charge in [0.2, 0.25) is 0 Å². The van der Waals surface area contributed by atoms with Crippen LogP contribution in [0.5, 0.6) is 0 Å². The Morgan fingerprint density at radius 3 is 2.65 bits per heavy atom. The number of aryl methyl sites for hydroxylation is 1. The number of nitrogens with two attached hydrogens (primary N) is 1. The van der Waals surface area contributed by atoms with E-state index >= 15 is 0 Å². The molecule has 17 heavy (non-hydrogen) atoms. The van der Waals surface area contributed by atoms with Gasteiger partial charge in [-0.05, 0) is 26.0 Å². The Bertz CT molecular complexity index is 508. The molecule has 2 heterocycles. The van der Waals surface area contributed by atoms with Gasteiger partial charge in [-0.3, -0.25) is 0 Å². The Kier molecular flexibility index (Phi) is 3.24. The summed E-state index contributed by atoms with van der Waals surface area (Å²) in [4.78, 5) is 8.16. The number of rotatable bonds is 4. The van der Waals surface area contributed by atoms with E-state index < -0.39 is 0 Å². The molecule has 90 valence electrons. The molecule has 0 saturated heterocycles. The van der Waals surface area contributed by atoms with Crippen LogP contribution in [0.1, 0.15) is 17.1 Å². The van der Waals surface area contributed by atoms with E-state index in [9.17, 15) is 0 Å². The maximum absolute atomic E-state index is 5.46. The van der Waals surface area contributed by atoms with Gasteiger partial charge in [-0.2, -0.15) is 0 Å². The van der Waals surface area contributed by atoms with Gasteiger partial charge in [0.1, 0.15) is 29.5 Å². The van der Waals surface area contributed by atoms with E-state index in [4.69, 9.17) is 10.3 Å². The first kappa shape index (κ1) is 11.4. The van der Waals surface area contributed by atoms with Crippen molar-refractivity contribution < 1.29 is 4.42 Å². The summed E-state index contributed by atoms with van der Waals surface area (Å²) in [7, 11) is 0. The van der Waals surface area contributed by atoms with Gasteiger partial charge in [0.15, 0.2) is 0 Å². The second kappa shape index (κ2) is 4.84. The topological polar surface area (TPSA) is 89.0 Å². The molecule has 0 radical (unpaired) electrons. The van der Waals surface area contributed by atoms with Crippen LogP contribution in [-0.4, -0.2) is 9.97 Å². The minimum Gasteiger partial charge on any atom is -0.465 e. The van der Waals surface area contributed by atoms with E-state index in [1.54, 1.807) is 0 Å². The number of nitrogen functional groups attached to an aromatic ring is 1. The average molecular weight is 233 g/mol. The number of furan rings is 1.